The van der Waals surface area contributed by atoms with Crippen LogP contribution in [0.3, 0.4) is 0 Å². The molecule has 0 radical (unpaired) electrons. The van der Waals surface area contributed by atoms with Gasteiger partial charge in [-0.2, -0.15) is 11.8 Å². The van der Waals surface area contributed by atoms with Gasteiger partial charge in [0.15, 0.2) is 0 Å². The summed E-state index contributed by atoms with van der Waals surface area (Å²) in [6.45, 7) is 10.5. The molecule has 0 amide bonds. The second-order valence-corrected chi connectivity index (χ2v) is 7.15. The Morgan fingerprint density at radius 3 is 2.71 bits per heavy atom. The molecule has 0 aliphatic carbocycles. The summed E-state index contributed by atoms with van der Waals surface area (Å²) in [4.78, 5) is 2.71. The Labute approximate surface area is 112 Å². The maximum atomic E-state index is 3.67. The van der Waals surface area contributed by atoms with Crippen molar-refractivity contribution in [3.05, 3.63) is 0 Å². The van der Waals surface area contributed by atoms with Gasteiger partial charge in [-0.25, -0.2) is 0 Å². The van der Waals surface area contributed by atoms with Crippen LogP contribution in [-0.4, -0.2) is 48.1 Å². The molecular weight excluding hydrogens is 228 g/mol. The molecule has 0 saturated carbocycles. The molecule has 1 unspecified atom stereocenters. The predicted molar refractivity (Wildman–Crippen MR) is 80.0 cm³/mol. The molecule has 3 heteroatoms. The SMILES string of the molecule is CSCCCN1CCCCC1CNC(C)(C)C. The van der Waals surface area contributed by atoms with E-state index in [1.54, 1.807) is 0 Å². The maximum Gasteiger partial charge on any atom is 0.0220 e. The second-order valence-electron chi connectivity index (χ2n) is 6.16. The lowest BCUT2D eigenvalue weighted by atomic mass is 10.0. The van der Waals surface area contributed by atoms with Crippen LogP contribution in [0.4, 0.5) is 0 Å². The van der Waals surface area contributed by atoms with Gasteiger partial charge in [-0.15, -0.1) is 0 Å². The number of hydrogen-bond donors (Lipinski definition) is 1. The van der Waals surface area contributed by atoms with Crippen LogP contribution in [0.15, 0.2) is 0 Å². The van der Waals surface area contributed by atoms with Crippen LogP contribution in [0.25, 0.3) is 0 Å². The fraction of sp³-hybridized carbons (Fsp3) is 1.00. The molecule has 0 spiro atoms. The Bertz CT molecular complexity index is 201. The average Bonchev–Trinajstić information content (AvgIpc) is 2.27. The van der Waals surface area contributed by atoms with Gasteiger partial charge in [0.1, 0.15) is 0 Å². The van der Waals surface area contributed by atoms with Crippen molar-refractivity contribution in [1.29, 1.82) is 0 Å². The number of piperidine rings is 1. The van der Waals surface area contributed by atoms with Gasteiger partial charge < -0.3 is 5.32 Å². The number of rotatable bonds is 6. The Morgan fingerprint density at radius 1 is 1.29 bits per heavy atom. The summed E-state index contributed by atoms with van der Waals surface area (Å²) in [5, 5.41) is 3.67. The van der Waals surface area contributed by atoms with E-state index in [1.807, 2.05) is 11.8 Å². The number of nitrogens with zero attached hydrogens (tertiary/aromatic N) is 1. The molecule has 1 saturated heterocycles. The molecule has 0 aromatic carbocycles. The van der Waals surface area contributed by atoms with Gasteiger partial charge in [0.05, 0.1) is 0 Å². The monoisotopic (exact) mass is 258 g/mol. The normalized spacial score (nSPS) is 22.9. The van der Waals surface area contributed by atoms with E-state index in [9.17, 15) is 0 Å². The largest absolute Gasteiger partial charge is 0.311 e. The molecule has 0 bridgehead atoms. The molecular formula is C14H30N2S. The predicted octanol–water partition coefficient (Wildman–Crippen LogP) is 2.98. The van der Waals surface area contributed by atoms with Crippen LogP contribution < -0.4 is 5.32 Å². The standard InChI is InChI=1S/C14H30N2S/c1-14(2,3)15-12-13-8-5-6-9-16(13)10-7-11-17-4/h13,15H,5-12H2,1-4H3. The van der Waals surface area contributed by atoms with Crippen molar-refractivity contribution in [2.75, 3.05) is 31.6 Å². The summed E-state index contributed by atoms with van der Waals surface area (Å²) in [6, 6.07) is 0.768. The van der Waals surface area contributed by atoms with Crippen molar-refractivity contribution in [2.24, 2.45) is 0 Å². The summed E-state index contributed by atoms with van der Waals surface area (Å²) in [7, 11) is 0. The second kappa shape index (κ2) is 7.65. The Hall–Kier alpha value is 0.270. The van der Waals surface area contributed by atoms with Gasteiger partial charge in [-0.1, -0.05) is 6.42 Å². The number of likely N-dealkylation sites (tertiary alicyclic amines) is 1. The molecule has 17 heavy (non-hydrogen) atoms. The van der Waals surface area contributed by atoms with Crippen LogP contribution >= 0.6 is 11.8 Å². The molecule has 1 heterocycles. The molecule has 1 atom stereocenters. The molecule has 0 aromatic rings. The maximum absolute atomic E-state index is 3.67. The van der Waals surface area contributed by atoms with E-state index < -0.39 is 0 Å². The number of hydrogen-bond acceptors (Lipinski definition) is 3. The van der Waals surface area contributed by atoms with E-state index in [0.29, 0.717) is 0 Å². The molecule has 1 aliphatic rings. The lowest BCUT2D eigenvalue weighted by Gasteiger charge is -2.37. The highest BCUT2D eigenvalue weighted by molar-refractivity contribution is 7.98. The minimum Gasteiger partial charge on any atom is -0.311 e. The fourth-order valence-electron chi connectivity index (χ4n) is 2.42. The van der Waals surface area contributed by atoms with Gasteiger partial charge in [-0.3, -0.25) is 4.90 Å². The van der Waals surface area contributed by atoms with Crippen LogP contribution in [0.5, 0.6) is 0 Å². The first-order chi connectivity index (χ1) is 8.03. The minimum absolute atomic E-state index is 0.252. The van der Waals surface area contributed by atoms with Crippen LogP contribution in [0.2, 0.25) is 0 Å². The van der Waals surface area contributed by atoms with Crippen LogP contribution in [0, 0.1) is 0 Å². The van der Waals surface area contributed by atoms with Crippen molar-refractivity contribution < 1.29 is 0 Å². The summed E-state index contributed by atoms with van der Waals surface area (Å²) in [5.74, 6) is 1.30. The van der Waals surface area contributed by atoms with E-state index in [2.05, 4.69) is 37.2 Å². The highest BCUT2D eigenvalue weighted by atomic mass is 32.2. The number of nitrogens with one attached hydrogen (secondary N) is 1. The zero-order valence-electron chi connectivity index (χ0n) is 12.1. The molecule has 1 N–H and O–H groups in total. The lowest BCUT2D eigenvalue weighted by molar-refractivity contribution is 0.139. The van der Waals surface area contributed by atoms with Crippen molar-refractivity contribution in [3.8, 4) is 0 Å². The highest BCUT2D eigenvalue weighted by Crippen LogP contribution is 2.17. The summed E-state index contributed by atoms with van der Waals surface area (Å²) >= 11 is 1.97. The molecule has 1 fully saturated rings. The Morgan fingerprint density at radius 2 is 2.06 bits per heavy atom. The Kier molecular flexibility index (Phi) is 6.90. The van der Waals surface area contributed by atoms with Crippen molar-refractivity contribution in [1.82, 2.24) is 10.2 Å². The smallest absolute Gasteiger partial charge is 0.0220 e. The van der Waals surface area contributed by atoms with Gasteiger partial charge >= 0.3 is 0 Å². The first-order valence-electron chi connectivity index (χ1n) is 7.01. The van der Waals surface area contributed by atoms with Gasteiger partial charge in [-0.05, 0) is 65.1 Å². The van der Waals surface area contributed by atoms with E-state index in [0.717, 1.165) is 12.6 Å². The third kappa shape index (κ3) is 6.68. The molecule has 2 nitrogen and oxygen atoms in total. The quantitative estimate of drug-likeness (QED) is 0.737. The van der Waals surface area contributed by atoms with Crippen LogP contribution in [0.1, 0.15) is 46.5 Å². The molecule has 1 aliphatic heterocycles. The zero-order chi connectivity index (χ0) is 12.7. The Balaban J connectivity index is 2.31. The minimum atomic E-state index is 0.252. The van der Waals surface area contributed by atoms with Gasteiger partial charge in [0.25, 0.3) is 0 Å². The van der Waals surface area contributed by atoms with Crippen molar-refractivity contribution in [2.45, 2.75) is 58.0 Å². The van der Waals surface area contributed by atoms with E-state index in [4.69, 9.17) is 0 Å². The topological polar surface area (TPSA) is 15.3 Å². The molecule has 102 valence electrons. The third-order valence-corrected chi connectivity index (χ3v) is 4.11. The van der Waals surface area contributed by atoms with E-state index in [-0.39, 0.29) is 5.54 Å². The van der Waals surface area contributed by atoms with E-state index in [1.165, 1.54) is 44.5 Å². The van der Waals surface area contributed by atoms with Crippen molar-refractivity contribution in [3.63, 3.8) is 0 Å². The highest BCUT2D eigenvalue weighted by Gasteiger charge is 2.23. The molecule has 0 aromatic heterocycles. The van der Waals surface area contributed by atoms with Crippen molar-refractivity contribution >= 4 is 11.8 Å². The summed E-state index contributed by atoms with van der Waals surface area (Å²) in [6.07, 6.45) is 7.73. The fourth-order valence-corrected chi connectivity index (χ4v) is 2.84. The zero-order valence-corrected chi connectivity index (χ0v) is 12.9. The first kappa shape index (κ1) is 15.3. The molecule has 1 rings (SSSR count). The third-order valence-electron chi connectivity index (χ3n) is 3.41. The summed E-state index contributed by atoms with van der Waals surface area (Å²) < 4.78 is 0. The average molecular weight is 258 g/mol. The summed E-state index contributed by atoms with van der Waals surface area (Å²) in [5.41, 5.74) is 0.252. The van der Waals surface area contributed by atoms with Crippen LogP contribution in [-0.2, 0) is 0 Å². The van der Waals surface area contributed by atoms with E-state index >= 15 is 0 Å². The first-order valence-corrected chi connectivity index (χ1v) is 8.40. The van der Waals surface area contributed by atoms with Gasteiger partial charge in [0, 0.05) is 18.1 Å². The lowest BCUT2D eigenvalue weighted by Crippen LogP contribution is -2.49. The van der Waals surface area contributed by atoms with Gasteiger partial charge in [0.2, 0.25) is 0 Å². The number of thioether (sulfide) groups is 1.